The van der Waals surface area contributed by atoms with Crippen molar-refractivity contribution in [3.63, 3.8) is 0 Å². The van der Waals surface area contributed by atoms with Crippen LogP contribution in [0.15, 0.2) is 24.3 Å². The fourth-order valence-corrected chi connectivity index (χ4v) is 2.38. The minimum atomic E-state index is -0.406. The first-order chi connectivity index (χ1) is 7.25. The molecule has 4 heteroatoms. The summed E-state index contributed by atoms with van der Waals surface area (Å²) in [5.74, 6) is 0.720. The Hall–Kier alpha value is -0.710. The molecule has 3 nitrogen and oxygen atoms in total. The molecule has 1 saturated heterocycles. The first kappa shape index (κ1) is 10.8. The van der Waals surface area contributed by atoms with E-state index in [0.717, 1.165) is 30.2 Å². The molecule has 1 aromatic rings. The van der Waals surface area contributed by atoms with Crippen molar-refractivity contribution >= 4 is 17.4 Å². The molecule has 1 aromatic carbocycles. The van der Waals surface area contributed by atoms with Gasteiger partial charge in [-0.25, -0.2) is 0 Å². The van der Waals surface area contributed by atoms with Crippen LogP contribution < -0.4 is 5.73 Å². The fourth-order valence-electron chi connectivity index (χ4n) is 1.35. The van der Waals surface area contributed by atoms with Crippen LogP contribution in [-0.2, 0) is 4.74 Å². The molecule has 3 N–H and O–H groups in total. The molecule has 1 atom stereocenters. The molecule has 0 saturated carbocycles. The fraction of sp³-hybridized carbons (Fsp3) is 0.455. The Morgan fingerprint density at radius 2 is 2.07 bits per heavy atom. The lowest BCUT2D eigenvalue weighted by Gasteiger charge is -2.26. The number of nitrogen functional groups attached to an aromatic ring is 1. The van der Waals surface area contributed by atoms with Crippen LogP contribution in [0.2, 0.25) is 0 Å². The van der Waals surface area contributed by atoms with E-state index in [0.29, 0.717) is 5.25 Å². The highest BCUT2D eigenvalue weighted by Crippen LogP contribution is 2.25. The van der Waals surface area contributed by atoms with Crippen molar-refractivity contribution in [2.24, 2.45) is 0 Å². The molecular formula is C11H15NO2S. The van der Waals surface area contributed by atoms with Crippen molar-refractivity contribution in [2.45, 2.75) is 11.4 Å². The molecule has 1 fully saturated rings. The van der Waals surface area contributed by atoms with E-state index < -0.39 is 6.10 Å². The van der Waals surface area contributed by atoms with Gasteiger partial charge in [-0.1, -0.05) is 12.1 Å². The van der Waals surface area contributed by atoms with E-state index in [1.54, 1.807) is 11.8 Å². The summed E-state index contributed by atoms with van der Waals surface area (Å²) >= 11 is 1.76. The zero-order valence-electron chi connectivity index (χ0n) is 8.43. The predicted molar refractivity (Wildman–Crippen MR) is 62.9 cm³/mol. The van der Waals surface area contributed by atoms with Gasteiger partial charge < -0.3 is 15.6 Å². The molecule has 0 aliphatic carbocycles. The quantitative estimate of drug-likeness (QED) is 0.761. The van der Waals surface area contributed by atoms with Crippen molar-refractivity contribution in [3.8, 4) is 0 Å². The number of hydrogen-bond acceptors (Lipinski definition) is 4. The molecular weight excluding hydrogens is 210 g/mol. The van der Waals surface area contributed by atoms with Gasteiger partial charge in [0.2, 0.25) is 0 Å². The summed E-state index contributed by atoms with van der Waals surface area (Å²) in [6, 6.07) is 7.38. The molecule has 1 aliphatic heterocycles. The van der Waals surface area contributed by atoms with Gasteiger partial charge in [-0.2, -0.15) is 11.8 Å². The number of thioether (sulfide) groups is 1. The van der Waals surface area contributed by atoms with Gasteiger partial charge in [0.1, 0.15) is 0 Å². The van der Waals surface area contributed by atoms with Crippen molar-refractivity contribution in [2.75, 3.05) is 24.7 Å². The van der Waals surface area contributed by atoms with E-state index in [2.05, 4.69) is 0 Å². The number of nitrogens with two attached hydrogens (primary N) is 1. The van der Waals surface area contributed by atoms with Crippen molar-refractivity contribution in [1.29, 1.82) is 0 Å². The van der Waals surface area contributed by atoms with Gasteiger partial charge >= 0.3 is 0 Å². The number of rotatable bonds is 4. The molecule has 0 amide bonds. The number of aliphatic hydroxyl groups is 1. The van der Waals surface area contributed by atoms with E-state index in [-0.39, 0.29) is 0 Å². The smallest absolute Gasteiger partial charge is 0.0880 e. The highest BCUT2D eigenvalue weighted by molar-refractivity contribution is 8.00. The van der Waals surface area contributed by atoms with E-state index in [1.807, 2.05) is 24.3 Å². The van der Waals surface area contributed by atoms with Gasteiger partial charge in [0.05, 0.1) is 24.6 Å². The topological polar surface area (TPSA) is 55.5 Å². The third-order valence-corrected chi connectivity index (χ3v) is 3.67. The molecule has 0 radical (unpaired) electrons. The summed E-state index contributed by atoms with van der Waals surface area (Å²) in [6.07, 6.45) is -0.406. The highest BCUT2D eigenvalue weighted by atomic mass is 32.2. The van der Waals surface area contributed by atoms with Crippen LogP contribution in [0.3, 0.4) is 0 Å². The van der Waals surface area contributed by atoms with Gasteiger partial charge in [-0.05, 0) is 17.7 Å². The largest absolute Gasteiger partial charge is 0.399 e. The third kappa shape index (κ3) is 2.87. The van der Waals surface area contributed by atoms with Crippen molar-refractivity contribution < 1.29 is 9.84 Å². The molecule has 0 bridgehead atoms. The van der Waals surface area contributed by atoms with Gasteiger partial charge in [-0.15, -0.1) is 0 Å². The minimum Gasteiger partial charge on any atom is -0.399 e. The second-order valence-electron chi connectivity index (χ2n) is 3.68. The summed E-state index contributed by atoms with van der Waals surface area (Å²) in [6.45, 7) is 1.64. The van der Waals surface area contributed by atoms with Crippen LogP contribution in [0.5, 0.6) is 0 Å². The minimum absolute atomic E-state index is 0.406. The van der Waals surface area contributed by atoms with Gasteiger partial charge in [0.15, 0.2) is 0 Å². The van der Waals surface area contributed by atoms with Crippen LogP contribution in [0.25, 0.3) is 0 Å². The van der Waals surface area contributed by atoms with Gasteiger partial charge in [0.25, 0.3) is 0 Å². The Morgan fingerprint density at radius 3 is 2.60 bits per heavy atom. The lowest BCUT2D eigenvalue weighted by molar-refractivity contribution is 0.0452. The first-order valence-electron chi connectivity index (χ1n) is 4.98. The Labute approximate surface area is 93.6 Å². The van der Waals surface area contributed by atoms with Crippen LogP contribution in [0.4, 0.5) is 5.69 Å². The molecule has 0 spiro atoms. The van der Waals surface area contributed by atoms with Crippen LogP contribution >= 0.6 is 11.8 Å². The lowest BCUT2D eigenvalue weighted by atomic mass is 10.1. The van der Waals surface area contributed by atoms with Crippen LogP contribution in [0.1, 0.15) is 11.7 Å². The normalized spacial score (nSPS) is 18.5. The Bertz CT molecular complexity index is 311. The molecule has 82 valence electrons. The van der Waals surface area contributed by atoms with E-state index in [4.69, 9.17) is 10.5 Å². The number of anilines is 1. The molecule has 0 aromatic heterocycles. The second kappa shape index (κ2) is 4.88. The summed E-state index contributed by atoms with van der Waals surface area (Å²) in [4.78, 5) is 0. The number of ether oxygens (including phenoxy) is 1. The molecule has 1 heterocycles. The number of aliphatic hydroxyl groups excluding tert-OH is 1. The zero-order valence-corrected chi connectivity index (χ0v) is 9.24. The zero-order chi connectivity index (χ0) is 10.7. The Kier molecular flexibility index (Phi) is 3.51. The summed E-state index contributed by atoms with van der Waals surface area (Å²) in [5, 5.41) is 10.4. The molecule has 1 unspecified atom stereocenters. The standard InChI is InChI=1S/C11H15NO2S/c12-9-3-1-8(2-4-9)11(13)7-15-10-5-14-6-10/h1-4,10-11,13H,5-7,12H2. The number of benzene rings is 1. The average Bonchev–Trinajstić information content (AvgIpc) is 2.16. The third-order valence-electron chi connectivity index (χ3n) is 2.42. The van der Waals surface area contributed by atoms with Gasteiger partial charge in [-0.3, -0.25) is 0 Å². The van der Waals surface area contributed by atoms with E-state index >= 15 is 0 Å². The lowest BCUT2D eigenvalue weighted by Crippen LogP contribution is -2.31. The van der Waals surface area contributed by atoms with Crippen LogP contribution in [0, 0.1) is 0 Å². The summed E-state index contributed by atoms with van der Waals surface area (Å²) in [7, 11) is 0. The maximum atomic E-state index is 9.88. The average molecular weight is 225 g/mol. The molecule has 2 rings (SSSR count). The maximum absolute atomic E-state index is 9.88. The van der Waals surface area contributed by atoms with E-state index in [9.17, 15) is 5.11 Å². The first-order valence-corrected chi connectivity index (χ1v) is 6.03. The Balaban J connectivity index is 1.83. The second-order valence-corrected chi connectivity index (χ2v) is 5.01. The van der Waals surface area contributed by atoms with Crippen molar-refractivity contribution in [3.05, 3.63) is 29.8 Å². The molecule has 15 heavy (non-hydrogen) atoms. The van der Waals surface area contributed by atoms with Crippen LogP contribution in [-0.4, -0.2) is 29.3 Å². The predicted octanol–water partition coefficient (Wildman–Crippen LogP) is 1.43. The summed E-state index contributed by atoms with van der Waals surface area (Å²) < 4.78 is 5.07. The van der Waals surface area contributed by atoms with Crippen molar-refractivity contribution in [1.82, 2.24) is 0 Å². The SMILES string of the molecule is Nc1ccc(C(O)CSC2COC2)cc1. The monoisotopic (exact) mass is 225 g/mol. The van der Waals surface area contributed by atoms with E-state index in [1.165, 1.54) is 0 Å². The molecule has 1 aliphatic rings. The highest BCUT2D eigenvalue weighted by Gasteiger charge is 2.20. The number of hydrogen-bond donors (Lipinski definition) is 2. The Morgan fingerprint density at radius 1 is 1.40 bits per heavy atom. The summed E-state index contributed by atoms with van der Waals surface area (Å²) in [5.41, 5.74) is 7.23. The maximum Gasteiger partial charge on any atom is 0.0880 e. The van der Waals surface area contributed by atoms with Gasteiger partial charge in [0, 0.05) is 11.4 Å².